The molecule has 0 unspecified atom stereocenters. The fraction of sp³-hybridized carbons (Fsp3) is 0.235. The van der Waals surface area contributed by atoms with E-state index in [4.69, 9.17) is 4.52 Å². The maximum atomic E-state index is 5.44. The molecule has 0 bridgehead atoms. The summed E-state index contributed by atoms with van der Waals surface area (Å²) in [5.41, 5.74) is 4.18. The summed E-state index contributed by atoms with van der Waals surface area (Å²) >= 11 is 1.61. The number of fused-ring (bicyclic) bond motifs is 1. The molecule has 0 atom stereocenters. The Labute approximate surface area is 137 Å². The normalized spacial score (nSPS) is 11.4. The second kappa shape index (κ2) is 5.62. The highest BCUT2D eigenvalue weighted by Gasteiger charge is 2.14. The Morgan fingerprint density at radius 1 is 1.26 bits per heavy atom. The van der Waals surface area contributed by atoms with E-state index < -0.39 is 0 Å². The van der Waals surface area contributed by atoms with Crippen molar-refractivity contribution in [2.75, 3.05) is 0 Å². The van der Waals surface area contributed by atoms with Crippen molar-refractivity contribution in [1.82, 2.24) is 19.7 Å². The molecule has 0 aliphatic carbocycles. The first-order valence-electron chi connectivity index (χ1n) is 7.59. The molecule has 0 saturated heterocycles. The molecule has 116 valence electrons. The van der Waals surface area contributed by atoms with Gasteiger partial charge in [0.1, 0.15) is 0 Å². The van der Waals surface area contributed by atoms with E-state index in [0.717, 1.165) is 40.0 Å². The molecule has 3 heterocycles. The fourth-order valence-electron chi connectivity index (χ4n) is 2.64. The Kier molecular flexibility index (Phi) is 3.46. The predicted octanol–water partition coefficient (Wildman–Crippen LogP) is 4.53. The highest BCUT2D eigenvalue weighted by atomic mass is 32.1. The molecule has 0 N–H and O–H groups in total. The lowest BCUT2D eigenvalue weighted by Crippen LogP contribution is -1.94. The number of hydrogen-bond donors (Lipinski definition) is 0. The van der Waals surface area contributed by atoms with Crippen molar-refractivity contribution in [1.29, 1.82) is 0 Å². The van der Waals surface area contributed by atoms with E-state index in [9.17, 15) is 0 Å². The van der Waals surface area contributed by atoms with Crippen molar-refractivity contribution < 1.29 is 4.52 Å². The Hall–Kier alpha value is -2.47. The van der Waals surface area contributed by atoms with Crippen LogP contribution in [0.4, 0.5) is 0 Å². The number of thiophene rings is 1. The lowest BCUT2D eigenvalue weighted by atomic mass is 10.2. The van der Waals surface area contributed by atoms with Crippen LogP contribution in [0.25, 0.3) is 33.2 Å². The van der Waals surface area contributed by atoms with Gasteiger partial charge in [0.25, 0.3) is 5.89 Å². The van der Waals surface area contributed by atoms with Crippen LogP contribution in [0.2, 0.25) is 0 Å². The third-order valence-corrected chi connectivity index (χ3v) is 4.83. The summed E-state index contributed by atoms with van der Waals surface area (Å²) in [6.45, 7) is 5.15. The van der Waals surface area contributed by atoms with Crippen molar-refractivity contribution in [3.05, 3.63) is 41.5 Å². The number of rotatable bonds is 4. The highest BCUT2D eigenvalue weighted by Crippen LogP contribution is 2.30. The first kappa shape index (κ1) is 14.1. The van der Waals surface area contributed by atoms with E-state index in [1.54, 1.807) is 11.3 Å². The molecule has 4 rings (SSSR count). The maximum absolute atomic E-state index is 5.44. The fourth-order valence-corrected chi connectivity index (χ4v) is 3.49. The van der Waals surface area contributed by atoms with E-state index in [-0.39, 0.29) is 0 Å². The molecule has 0 saturated carbocycles. The molecule has 0 spiro atoms. The van der Waals surface area contributed by atoms with Crippen LogP contribution < -0.4 is 0 Å². The zero-order chi connectivity index (χ0) is 15.8. The van der Waals surface area contributed by atoms with Crippen LogP contribution in [0.5, 0.6) is 0 Å². The van der Waals surface area contributed by atoms with Crippen LogP contribution in [-0.2, 0) is 6.54 Å². The first-order valence-corrected chi connectivity index (χ1v) is 8.47. The van der Waals surface area contributed by atoms with Gasteiger partial charge in [-0.1, -0.05) is 12.1 Å². The summed E-state index contributed by atoms with van der Waals surface area (Å²) in [6.07, 6.45) is 2.95. The number of hydrogen-bond acceptors (Lipinski definition) is 5. The molecule has 0 radical (unpaired) electrons. The van der Waals surface area contributed by atoms with E-state index in [1.165, 1.54) is 0 Å². The lowest BCUT2D eigenvalue weighted by molar-refractivity contribution is 0.433. The average Bonchev–Trinajstić information content (AvgIpc) is 3.27. The van der Waals surface area contributed by atoms with E-state index in [2.05, 4.69) is 38.7 Å². The standard InChI is InChI=1S/C17H16N4OS/c1-3-7-21-10-18-13-5-4-12(9-14(13)21)16-19-17(22-20-16)15-11(2)6-8-23-15/h4-6,8-10H,3,7H2,1-2H3. The SMILES string of the molecule is CCCn1cnc2ccc(-c3noc(-c4sccc4C)n3)cc21. The highest BCUT2D eigenvalue weighted by molar-refractivity contribution is 7.13. The van der Waals surface area contributed by atoms with Crippen molar-refractivity contribution in [3.63, 3.8) is 0 Å². The predicted molar refractivity (Wildman–Crippen MR) is 91.4 cm³/mol. The molecule has 5 nitrogen and oxygen atoms in total. The molecule has 0 amide bonds. The average molecular weight is 324 g/mol. The van der Waals surface area contributed by atoms with Gasteiger partial charge in [0.05, 0.1) is 22.2 Å². The Morgan fingerprint density at radius 2 is 2.17 bits per heavy atom. The number of benzene rings is 1. The van der Waals surface area contributed by atoms with Gasteiger partial charge in [-0.15, -0.1) is 11.3 Å². The van der Waals surface area contributed by atoms with E-state index in [1.807, 2.05) is 30.8 Å². The van der Waals surface area contributed by atoms with Crippen LogP contribution in [0.15, 0.2) is 40.5 Å². The Balaban J connectivity index is 1.76. The summed E-state index contributed by atoms with van der Waals surface area (Å²) < 4.78 is 7.60. The zero-order valence-electron chi connectivity index (χ0n) is 13.0. The molecule has 0 fully saturated rings. The maximum Gasteiger partial charge on any atom is 0.268 e. The topological polar surface area (TPSA) is 56.7 Å². The molecule has 1 aromatic carbocycles. The van der Waals surface area contributed by atoms with Crippen LogP contribution >= 0.6 is 11.3 Å². The van der Waals surface area contributed by atoms with Crippen molar-refractivity contribution in [3.8, 4) is 22.2 Å². The molecule has 23 heavy (non-hydrogen) atoms. The first-order chi connectivity index (χ1) is 11.3. The molecule has 0 aliphatic heterocycles. The summed E-state index contributed by atoms with van der Waals surface area (Å²) in [6, 6.07) is 8.12. The zero-order valence-corrected chi connectivity index (χ0v) is 13.8. The summed E-state index contributed by atoms with van der Waals surface area (Å²) in [7, 11) is 0. The smallest absolute Gasteiger partial charge is 0.268 e. The minimum atomic E-state index is 0.578. The van der Waals surface area contributed by atoms with Gasteiger partial charge in [0.2, 0.25) is 5.82 Å². The van der Waals surface area contributed by atoms with Gasteiger partial charge in [-0.2, -0.15) is 4.98 Å². The van der Waals surface area contributed by atoms with Crippen LogP contribution in [0.3, 0.4) is 0 Å². The van der Waals surface area contributed by atoms with E-state index in [0.29, 0.717) is 11.7 Å². The minimum absolute atomic E-state index is 0.578. The molecule has 4 aromatic rings. The number of aryl methyl sites for hydroxylation is 2. The van der Waals surface area contributed by atoms with Gasteiger partial charge in [-0.25, -0.2) is 4.98 Å². The van der Waals surface area contributed by atoms with Crippen LogP contribution in [0.1, 0.15) is 18.9 Å². The Morgan fingerprint density at radius 3 is 2.96 bits per heavy atom. The summed E-state index contributed by atoms with van der Waals surface area (Å²) in [5.74, 6) is 1.19. The number of nitrogens with zero attached hydrogens (tertiary/aromatic N) is 4. The van der Waals surface area contributed by atoms with E-state index >= 15 is 0 Å². The van der Waals surface area contributed by atoms with Crippen molar-refractivity contribution in [2.45, 2.75) is 26.8 Å². The second-order valence-corrected chi connectivity index (χ2v) is 6.41. The number of imidazole rings is 1. The van der Waals surface area contributed by atoms with Gasteiger partial charge >= 0.3 is 0 Å². The molecule has 6 heteroatoms. The summed E-state index contributed by atoms with van der Waals surface area (Å²) in [5, 5.41) is 6.17. The third-order valence-electron chi connectivity index (χ3n) is 3.83. The third kappa shape index (κ3) is 2.45. The minimum Gasteiger partial charge on any atom is -0.333 e. The van der Waals surface area contributed by atoms with Gasteiger partial charge in [-0.3, -0.25) is 0 Å². The molecular formula is C17H16N4OS. The molecule has 3 aromatic heterocycles. The summed E-state index contributed by atoms with van der Waals surface area (Å²) in [4.78, 5) is 10.0. The van der Waals surface area contributed by atoms with Gasteiger partial charge in [0.15, 0.2) is 0 Å². The van der Waals surface area contributed by atoms with Crippen LogP contribution in [0, 0.1) is 6.92 Å². The lowest BCUT2D eigenvalue weighted by Gasteiger charge is -2.02. The molecule has 0 aliphatic rings. The largest absolute Gasteiger partial charge is 0.333 e. The van der Waals surface area contributed by atoms with Crippen molar-refractivity contribution >= 4 is 22.4 Å². The van der Waals surface area contributed by atoms with Gasteiger partial charge < -0.3 is 9.09 Å². The van der Waals surface area contributed by atoms with Gasteiger partial charge in [-0.05, 0) is 48.6 Å². The number of aromatic nitrogens is 4. The monoisotopic (exact) mass is 324 g/mol. The van der Waals surface area contributed by atoms with Crippen molar-refractivity contribution in [2.24, 2.45) is 0 Å². The van der Waals surface area contributed by atoms with Gasteiger partial charge in [0, 0.05) is 12.1 Å². The van der Waals surface area contributed by atoms with Crippen LogP contribution in [-0.4, -0.2) is 19.7 Å². The quantitative estimate of drug-likeness (QED) is 0.553. The molecular weight excluding hydrogens is 308 g/mol. The second-order valence-electron chi connectivity index (χ2n) is 5.50. The Bertz CT molecular complexity index is 966.